The summed E-state index contributed by atoms with van der Waals surface area (Å²) < 4.78 is 4.95. The van der Waals surface area contributed by atoms with E-state index in [2.05, 4.69) is 9.97 Å². The second-order valence-corrected chi connectivity index (χ2v) is 1.92. The molecule has 0 aliphatic rings. The lowest BCUT2D eigenvalue weighted by Crippen LogP contribution is -1.96. The van der Waals surface area contributed by atoms with E-state index >= 15 is 0 Å². The van der Waals surface area contributed by atoms with Gasteiger partial charge in [0.2, 0.25) is 11.3 Å². The molecule has 2 rings (SSSR count). The highest BCUT2D eigenvalue weighted by Crippen LogP contribution is 2.02. The lowest BCUT2D eigenvalue weighted by atomic mass is 10.6. The van der Waals surface area contributed by atoms with Gasteiger partial charge in [0, 0.05) is 6.20 Å². The first-order valence-corrected chi connectivity index (χ1v) is 2.84. The van der Waals surface area contributed by atoms with Gasteiger partial charge in [-0.2, -0.15) is 0 Å². The second kappa shape index (κ2) is 1.70. The van der Waals surface area contributed by atoms with E-state index in [-0.39, 0.29) is 5.55 Å². The molecule has 2 aromatic heterocycles. The maximum Gasteiger partial charge on any atom is 0.232 e. The molecule has 0 saturated heterocycles. The van der Waals surface area contributed by atoms with Crippen LogP contribution in [0.5, 0.6) is 0 Å². The van der Waals surface area contributed by atoms with Crippen LogP contribution in [0.3, 0.4) is 0 Å². The molecular weight excluding hydrogens is 130 g/mol. The molecule has 10 heavy (non-hydrogen) atoms. The number of hydrogen-bond donors (Lipinski definition) is 2. The summed E-state index contributed by atoms with van der Waals surface area (Å²) in [6.45, 7) is 0. The van der Waals surface area contributed by atoms with Crippen LogP contribution < -0.4 is 5.55 Å². The third kappa shape index (κ3) is 0.621. The monoisotopic (exact) mass is 135 g/mol. The van der Waals surface area contributed by atoms with E-state index in [0.717, 1.165) is 5.52 Å². The number of rotatable bonds is 0. The Morgan fingerprint density at radius 2 is 2.50 bits per heavy atom. The van der Waals surface area contributed by atoms with Crippen LogP contribution in [-0.4, -0.2) is 9.97 Å². The van der Waals surface area contributed by atoms with Gasteiger partial charge < -0.3 is 9.40 Å². The molecule has 50 valence electrons. The first-order valence-electron chi connectivity index (χ1n) is 2.84. The molecule has 0 spiro atoms. The van der Waals surface area contributed by atoms with Gasteiger partial charge in [-0.15, -0.1) is 0 Å². The van der Waals surface area contributed by atoms with Gasteiger partial charge in [0.25, 0.3) is 0 Å². The van der Waals surface area contributed by atoms with Gasteiger partial charge in [-0.3, -0.25) is 5.41 Å². The van der Waals surface area contributed by atoms with Gasteiger partial charge in [0.1, 0.15) is 5.52 Å². The van der Waals surface area contributed by atoms with Crippen molar-refractivity contribution in [2.24, 2.45) is 0 Å². The zero-order chi connectivity index (χ0) is 6.97. The Bertz CT molecular complexity index is 400. The van der Waals surface area contributed by atoms with Crippen LogP contribution in [-0.2, 0) is 0 Å². The summed E-state index contributed by atoms with van der Waals surface area (Å²) in [6, 6.07) is 1.79. The number of aromatic amines is 1. The van der Waals surface area contributed by atoms with Gasteiger partial charge >= 0.3 is 0 Å². The molecule has 0 atom stereocenters. The number of hydrogen-bond acceptors (Lipinski definition) is 3. The lowest BCUT2D eigenvalue weighted by Gasteiger charge is -1.84. The minimum Gasteiger partial charge on any atom is -0.419 e. The molecule has 4 nitrogen and oxygen atoms in total. The third-order valence-electron chi connectivity index (χ3n) is 1.22. The normalized spacial score (nSPS) is 10.4. The SMILES string of the molecule is N=c1cnc2cc[nH]c2o1. The van der Waals surface area contributed by atoms with Gasteiger partial charge in [-0.05, 0) is 6.07 Å². The Morgan fingerprint density at radius 1 is 1.60 bits per heavy atom. The molecule has 2 aromatic rings. The fourth-order valence-corrected chi connectivity index (χ4v) is 0.794. The largest absolute Gasteiger partial charge is 0.419 e. The van der Waals surface area contributed by atoms with E-state index in [4.69, 9.17) is 9.83 Å². The van der Waals surface area contributed by atoms with Gasteiger partial charge in [-0.1, -0.05) is 0 Å². The van der Waals surface area contributed by atoms with Crippen molar-refractivity contribution in [3.63, 3.8) is 0 Å². The van der Waals surface area contributed by atoms with E-state index in [1.807, 2.05) is 0 Å². The molecule has 0 radical (unpaired) electrons. The topological polar surface area (TPSA) is 65.7 Å². The molecule has 0 amide bonds. The molecule has 0 unspecified atom stereocenters. The van der Waals surface area contributed by atoms with Crippen LogP contribution in [0, 0.1) is 5.41 Å². The van der Waals surface area contributed by atoms with Crippen molar-refractivity contribution in [3.8, 4) is 0 Å². The quantitative estimate of drug-likeness (QED) is 0.556. The highest BCUT2D eigenvalue weighted by molar-refractivity contribution is 5.66. The first kappa shape index (κ1) is 5.22. The Morgan fingerprint density at radius 3 is 3.40 bits per heavy atom. The average Bonchev–Trinajstić information content (AvgIpc) is 2.33. The van der Waals surface area contributed by atoms with Crippen LogP contribution in [0.1, 0.15) is 0 Å². The summed E-state index contributed by atoms with van der Waals surface area (Å²) in [4.78, 5) is 6.74. The number of H-pyrrole nitrogens is 1. The van der Waals surface area contributed by atoms with Gasteiger partial charge in [-0.25, -0.2) is 4.98 Å². The van der Waals surface area contributed by atoms with Crippen molar-refractivity contribution in [2.75, 3.05) is 0 Å². The van der Waals surface area contributed by atoms with Crippen LogP contribution >= 0.6 is 0 Å². The lowest BCUT2D eigenvalue weighted by molar-refractivity contribution is 0.519. The number of nitrogens with one attached hydrogen (secondary N) is 2. The van der Waals surface area contributed by atoms with Gasteiger partial charge in [0.05, 0.1) is 6.20 Å². The summed E-state index contributed by atoms with van der Waals surface area (Å²) in [5.41, 5.74) is 1.36. The summed E-state index contributed by atoms with van der Waals surface area (Å²) in [5, 5.41) is 7.07. The fraction of sp³-hybridized carbons (Fsp3) is 0. The molecule has 0 aliphatic carbocycles. The fourth-order valence-electron chi connectivity index (χ4n) is 0.794. The Balaban J connectivity index is 2.99. The van der Waals surface area contributed by atoms with E-state index in [9.17, 15) is 0 Å². The van der Waals surface area contributed by atoms with Crippen molar-refractivity contribution in [3.05, 3.63) is 24.0 Å². The minimum absolute atomic E-state index is 0.0648. The standard InChI is InChI=1S/C6H5N3O/c7-5-3-9-4-1-2-8-6(4)10-5/h1-3,7-8H. The Labute approximate surface area is 56.0 Å². The van der Waals surface area contributed by atoms with Crippen LogP contribution in [0.15, 0.2) is 22.9 Å². The third-order valence-corrected chi connectivity index (χ3v) is 1.22. The molecule has 2 heterocycles. The highest BCUT2D eigenvalue weighted by atomic mass is 16.3. The van der Waals surface area contributed by atoms with E-state index in [1.54, 1.807) is 12.3 Å². The zero-order valence-electron chi connectivity index (χ0n) is 5.09. The van der Waals surface area contributed by atoms with Crippen LogP contribution in [0.4, 0.5) is 0 Å². The number of nitrogens with zero attached hydrogens (tertiary/aromatic N) is 1. The Hall–Kier alpha value is -1.58. The van der Waals surface area contributed by atoms with Crippen LogP contribution in [0.2, 0.25) is 0 Å². The summed E-state index contributed by atoms with van der Waals surface area (Å²) in [5.74, 6) is 0. The van der Waals surface area contributed by atoms with E-state index in [0.29, 0.717) is 5.71 Å². The molecule has 2 N–H and O–H groups in total. The smallest absolute Gasteiger partial charge is 0.232 e. The highest BCUT2D eigenvalue weighted by Gasteiger charge is 1.93. The Kier molecular flexibility index (Phi) is 0.887. The molecule has 0 bridgehead atoms. The summed E-state index contributed by atoms with van der Waals surface area (Å²) in [6.07, 6.45) is 3.09. The maximum absolute atomic E-state index is 7.07. The summed E-state index contributed by atoms with van der Waals surface area (Å²) in [7, 11) is 0. The molecular formula is C6H5N3O. The average molecular weight is 135 g/mol. The first-order chi connectivity index (χ1) is 4.86. The zero-order valence-corrected chi connectivity index (χ0v) is 5.09. The van der Waals surface area contributed by atoms with Crippen molar-refractivity contribution in [1.82, 2.24) is 9.97 Å². The number of aromatic nitrogens is 2. The molecule has 0 fully saturated rings. The van der Waals surface area contributed by atoms with Crippen molar-refractivity contribution in [1.29, 1.82) is 5.41 Å². The maximum atomic E-state index is 7.07. The predicted molar refractivity (Wildman–Crippen MR) is 34.2 cm³/mol. The van der Waals surface area contributed by atoms with E-state index in [1.165, 1.54) is 6.20 Å². The second-order valence-electron chi connectivity index (χ2n) is 1.92. The molecule has 4 heteroatoms. The molecule has 0 aromatic carbocycles. The minimum atomic E-state index is 0.0648. The van der Waals surface area contributed by atoms with Gasteiger partial charge in [0.15, 0.2) is 0 Å². The van der Waals surface area contributed by atoms with Crippen molar-refractivity contribution >= 4 is 11.2 Å². The van der Waals surface area contributed by atoms with E-state index < -0.39 is 0 Å². The van der Waals surface area contributed by atoms with Crippen molar-refractivity contribution < 1.29 is 4.42 Å². The summed E-state index contributed by atoms with van der Waals surface area (Å²) >= 11 is 0. The molecule has 0 saturated carbocycles. The molecule has 0 aliphatic heterocycles. The predicted octanol–water partition coefficient (Wildman–Crippen LogP) is 0.635. The number of fused-ring (bicyclic) bond motifs is 1. The van der Waals surface area contributed by atoms with Crippen LogP contribution in [0.25, 0.3) is 11.2 Å². The van der Waals surface area contributed by atoms with Crippen molar-refractivity contribution in [2.45, 2.75) is 0 Å².